The summed E-state index contributed by atoms with van der Waals surface area (Å²) in [5.41, 5.74) is 0. The average molecular weight is 352 g/mol. The molecule has 2 nitrogen and oxygen atoms in total. The Labute approximate surface area is 86.8 Å². The van der Waals surface area contributed by atoms with Crippen LogP contribution >= 0.6 is 27.0 Å². The maximum atomic E-state index is 0. The van der Waals surface area contributed by atoms with Crippen LogP contribution in [-0.2, 0) is 48.1 Å². The molecule has 0 saturated heterocycles. The predicted octanol–water partition coefficient (Wildman–Crippen LogP) is 0.00690. The Morgan fingerprint density at radius 2 is 0.571 bits per heavy atom. The van der Waals surface area contributed by atoms with E-state index in [2.05, 4.69) is 0 Å². The van der Waals surface area contributed by atoms with Gasteiger partial charge in [-0.15, -0.1) is 0 Å². The topological polar surface area (TPSA) is 70.0 Å². The summed E-state index contributed by atoms with van der Waals surface area (Å²) in [4.78, 5) is 0. The van der Waals surface area contributed by atoms with E-state index in [4.69, 9.17) is 0 Å². The van der Waals surface area contributed by atoms with E-state index >= 15 is 0 Å². The van der Waals surface area contributed by atoms with Gasteiger partial charge in [-0.05, 0) is 0 Å². The molecule has 0 aliphatic rings. The quantitative estimate of drug-likeness (QED) is 0.476. The molecule has 0 aromatic carbocycles. The van der Waals surface area contributed by atoms with Gasteiger partial charge >= 0.3 is 21.1 Å². The normalized spacial score (nSPS) is 0. The molecule has 0 amide bonds. The summed E-state index contributed by atoms with van der Waals surface area (Å²) in [7, 11) is 0. The summed E-state index contributed by atoms with van der Waals surface area (Å²) in [6.45, 7) is 0. The molecular formula is H12N2S4W. The van der Waals surface area contributed by atoms with Crippen molar-refractivity contribution in [3.8, 4) is 0 Å². The zero-order valence-electron chi connectivity index (χ0n) is 3.72. The van der Waals surface area contributed by atoms with E-state index < -0.39 is 0 Å². The zero-order valence-corrected chi connectivity index (χ0v) is 10.4. The summed E-state index contributed by atoms with van der Waals surface area (Å²) in [6.07, 6.45) is 0. The van der Waals surface area contributed by atoms with Gasteiger partial charge < -0.3 is 39.3 Å². The summed E-state index contributed by atoms with van der Waals surface area (Å²) in [5, 5.41) is 0. The summed E-state index contributed by atoms with van der Waals surface area (Å²) < 4.78 is 0. The molecule has 0 fully saturated rings. The molecule has 0 spiro atoms. The van der Waals surface area contributed by atoms with Crippen molar-refractivity contribution in [2.24, 2.45) is 0 Å². The van der Waals surface area contributed by atoms with Gasteiger partial charge in [0.15, 0.2) is 0 Å². The molecule has 0 aliphatic carbocycles. The van der Waals surface area contributed by atoms with E-state index in [1.165, 1.54) is 0 Å². The van der Waals surface area contributed by atoms with E-state index in [1.807, 2.05) is 0 Å². The fourth-order valence-corrected chi connectivity index (χ4v) is 0. The minimum atomic E-state index is 0. The first-order valence-corrected chi connectivity index (χ1v) is 0. The molecule has 0 bridgehead atoms. The van der Waals surface area contributed by atoms with Crippen molar-refractivity contribution in [1.82, 2.24) is 12.3 Å². The summed E-state index contributed by atoms with van der Waals surface area (Å²) in [6, 6.07) is 0. The maximum Gasteiger partial charge on any atom is 2.00 e. The third-order valence-corrected chi connectivity index (χ3v) is 0. The number of hydrogen-bond acceptors (Lipinski definition) is 4. The molecule has 0 rings (SSSR count). The van der Waals surface area contributed by atoms with Crippen LogP contribution in [0.5, 0.6) is 0 Å². The SMILES string of the molecule is N.N.S.S.[SH-].[SH-].[W+2]. The van der Waals surface area contributed by atoms with Gasteiger partial charge in [-0.1, -0.05) is 0 Å². The molecule has 0 unspecified atom stereocenters. The second-order valence-electron chi connectivity index (χ2n) is 0. The number of rotatable bonds is 0. The van der Waals surface area contributed by atoms with Crippen LogP contribution < -0.4 is 12.3 Å². The van der Waals surface area contributed by atoms with E-state index in [9.17, 15) is 0 Å². The molecule has 0 aliphatic heterocycles. The predicted molar refractivity (Wildman–Crippen MR) is 48.3 cm³/mol. The van der Waals surface area contributed by atoms with Crippen molar-refractivity contribution >= 4 is 54.0 Å². The van der Waals surface area contributed by atoms with Crippen LogP contribution in [0.15, 0.2) is 0 Å². The molecule has 7 heteroatoms. The molecule has 0 aromatic heterocycles. The molecule has 7 heavy (non-hydrogen) atoms. The molecular weight excluding hydrogens is 340 g/mol. The number of hydrogen-bond donors (Lipinski definition) is 2. The van der Waals surface area contributed by atoms with E-state index in [-0.39, 0.29) is 87.3 Å². The van der Waals surface area contributed by atoms with Gasteiger partial charge in [0.25, 0.3) is 0 Å². The van der Waals surface area contributed by atoms with Crippen LogP contribution in [0.1, 0.15) is 0 Å². The molecule has 52 valence electrons. The van der Waals surface area contributed by atoms with Crippen LogP contribution in [0.4, 0.5) is 0 Å². The first kappa shape index (κ1) is 143. The maximum absolute atomic E-state index is 0. The standard InChI is InChI=1S/2H3N.4H2S.W/h2*1H3;4*1H2;/q;;;;;;+2/p-2. The van der Waals surface area contributed by atoms with Crippen LogP contribution in [0.3, 0.4) is 0 Å². The van der Waals surface area contributed by atoms with E-state index in [0.29, 0.717) is 0 Å². The number of thiol groups is 2. The van der Waals surface area contributed by atoms with Gasteiger partial charge in [-0.25, -0.2) is 0 Å². The van der Waals surface area contributed by atoms with Crippen molar-refractivity contribution < 1.29 is 21.1 Å². The van der Waals surface area contributed by atoms with Crippen molar-refractivity contribution in [1.29, 1.82) is 0 Å². The summed E-state index contributed by atoms with van der Waals surface area (Å²) in [5.74, 6) is 0. The van der Waals surface area contributed by atoms with Crippen molar-refractivity contribution in [2.75, 3.05) is 0 Å². The Balaban J connectivity index is 0. The largest absolute Gasteiger partial charge is 2.00 e. The van der Waals surface area contributed by atoms with E-state index in [0.717, 1.165) is 0 Å². The van der Waals surface area contributed by atoms with Crippen molar-refractivity contribution in [2.45, 2.75) is 0 Å². The minimum Gasteiger partial charge on any atom is -0.813 e. The molecule has 0 atom stereocenters. The van der Waals surface area contributed by atoms with Gasteiger partial charge in [0.1, 0.15) is 0 Å². The molecule has 0 aromatic rings. The van der Waals surface area contributed by atoms with Gasteiger partial charge in [0.05, 0.1) is 0 Å². The Bertz CT molecular complexity index is 9.65. The third-order valence-electron chi connectivity index (χ3n) is 0. The molecule has 0 radical (unpaired) electrons. The molecule has 0 saturated carbocycles. The molecule has 6 N–H and O–H groups in total. The Hall–Kier alpha value is 2.01. The van der Waals surface area contributed by atoms with Crippen LogP contribution in [0.25, 0.3) is 0 Å². The smallest absolute Gasteiger partial charge is 0.813 e. The zero-order chi connectivity index (χ0) is 0. The fraction of sp³-hybridized carbons (Fsp3) is 0. The minimum absolute atomic E-state index is 0. The van der Waals surface area contributed by atoms with Crippen molar-refractivity contribution in [3.63, 3.8) is 0 Å². The monoisotopic (exact) mass is 352 g/mol. The second-order valence-corrected chi connectivity index (χ2v) is 0. The van der Waals surface area contributed by atoms with Crippen LogP contribution in [0.2, 0.25) is 0 Å². The van der Waals surface area contributed by atoms with Crippen LogP contribution in [-0.4, -0.2) is 0 Å². The Morgan fingerprint density at radius 1 is 0.571 bits per heavy atom. The van der Waals surface area contributed by atoms with Crippen LogP contribution in [0, 0.1) is 0 Å². The van der Waals surface area contributed by atoms with Gasteiger partial charge in [0, 0.05) is 0 Å². The fourth-order valence-electron chi connectivity index (χ4n) is 0. The average Bonchev–Trinajstić information content (AvgIpc) is 0. The molecule has 0 heterocycles. The second kappa shape index (κ2) is 97.5. The van der Waals surface area contributed by atoms with Gasteiger partial charge in [-0.3, -0.25) is 0 Å². The Morgan fingerprint density at radius 3 is 0.571 bits per heavy atom. The van der Waals surface area contributed by atoms with Gasteiger partial charge in [0.2, 0.25) is 0 Å². The third kappa shape index (κ3) is 71.7. The van der Waals surface area contributed by atoms with E-state index in [1.54, 1.807) is 0 Å². The van der Waals surface area contributed by atoms with Crippen molar-refractivity contribution in [3.05, 3.63) is 0 Å². The van der Waals surface area contributed by atoms with Gasteiger partial charge in [-0.2, -0.15) is 27.0 Å². The Kier molecular flexibility index (Phi) is 2000. The first-order valence-electron chi connectivity index (χ1n) is 0. The summed E-state index contributed by atoms with van der Waals surface area (Å²) >= 11 is 0. The first-order chi connectivity index (χ1) is 0.